The topological polar surface area (TPSA) is 149 Å². The molecule has 0 atom stereocenters. The number of non-ortho nitro benzene ring substituents is 1. The Kier molecular flexibility index (Phi) is 5.60. The lowest BCUT2D eigenvalue weighted by Gasteiger charge is -2.01. The molecule has 0 aliphatic heterocycles. The van der Waals surface area contributed by atoms with Gasteiger partial charge in [0.2, 0.25) is 0 Å². The number of aromatic amines is 1. The number of nitro groups is 2. The first-order valence-electron chi connectivity index (χ1n) is 9.67. The first-order chi connectivity index (χ1) is 15.8. The van der Waals surface area contributed by atoms with Gasteiger partial charge in [0.15, 0.2) is 5.69 Å². The zero-order valence-electron chi connectivity index (χ0n) is 17.2. The summed E-state index contributed by atoms with van der Waals surface area (Å²) >= 11 is 0. The summed E-state index contributed by atoms with van der Waals surface area (Å²) in [5.74, 6) is 0. The Hall–Kier alpha value is -4.93. The van der Waals surface area contributed by atoms with Crippen molar-refractivity contribution in [1.29, 1.82) is 0 Å². The molecule has 164 valence electrons. The second-order valence-corrected chi connectivity index (χ2v) is 7.04. The van der Waals surface area contributed by atoms with Gasteiger partial charge < -0.3 is 0 Å². The largest absolute Gasteiger partial charge is 0.299 e. The monoisotopic (exact) mass is 444 g/mol. The van der Waals surface area contributed by atoms with Gasteiger partial charge in [-0.3, -0.25) is 30.1 Å². The summed E-state index contributed by atoms with van der Waals surface area (Å²) in [4.78, 5) is 34.3. The SMILES string of the molecule is Cc1ccc(N=Nc2c(-c3ccccc3)[nH]n(-c3ccc([N+](=O)[O-])cc3)c2=O)cc1[N+](=O)[O-]. The van der Waals surface area contributed by atoms with Crippen LogP contribution in [0, 0.1) is 27.2 Å². The summed E-state index contributed by atoms with van der Waals surface area (Å²) in [6, 6.07) is 18.8. The normalized spacial score (nSPS) is 11.1. The fraction of sp³-hybridized carbons (Fsp3) is 0.0455. The lowest BCUT2D eigenvalue weighted by atomic mass is 10.1. The number of hydrogen-bond acceptors (Lipinski definition) is 7. The fourth-order valence-corrected chi connectivity index (χ4v) is 3.20. The van der Waals surface area contributed by atoms with Crippen molar-refractivity contribution < 1.29 is 9.85 Å². The van der Waals surface area contributed by atoms with E-state index in [2.05, 4.69) is 15.3 Å². The number of nitrogens with zero attached hydrogens (tertiary/aromatic N) is 5. The lowest BCUT2D eigenvalue weighted by Crippen LogP contribution is -2.13. The minimum Gasteiger partial charge on any atom is -0.288 e. The van der Waals surface area contributed by atoms with E-state index in [-0.39, 0.29) is 22.7 Å². The van der Waals surface area contributed by atoms with Crippen molar-refractivity contribution in [2.24, 2.45) is 10.2 Å². The zero-order chi connectivity index (χ0) is 23.5. The molecule has 0 saturated carbocycles. The van der Waals surface area contributed by atoms with E-state index in [4.69, 9.17) is 0 Å². The number of hydrogen-bond donors (Lipinski definition) is 1. The van der Waals surface area contributed by atoms with Crippen LogP contribution in [0.1, 0.15) is 5.56 Å². The molecule has 0 amide bonds. The van der Waals surface area contributed by atoms with Gasteiger partial charge in [0.25, 0.3) is 16.9 Å². The van der Waals surface area contributed by atoms with Gasteiger partial charge >= 0.3 is 0 Å². The van der Waals surface area contributed by atoms with Crippen molar-refractivity contribution in [1.82, 2.24) is 9.78 Å². The van der Waals surface area contributed by atoms with Crippen LogP contribution >= 0.6 is 0 Å². The van der Waals surface area contributed by atoms with Crippen LogP contribution in [0.15, 0.2) is 87.8 Å². The van der Waals surface area contributed by atoms with E-state index in [0.717, 1.165) is 0 Å². The number of benzene rings is 3. The van der Waals surface area contributed by atoms with Crippen LogP contribution in [-0.4, -0.2) is 19.6 Å². The molecule has 33 heavy (non-hydrogen) atoms. The Morgan fingerprint density at radius 3 is 2.21 bits per heavy atom. The van der Waals surface area contributed by atoms with Gasteiger partial charge in [-0.05, 0) is 25.1 Å². The van der Waals surface area contributed by atoms with Crippen molar-refractivity contribution in [2.45, 2.75) is 6.92 Å². The van der Waals surface area contributed by atoms with Gasteiger partial charge in [-0.15, -0.1) is 5.11 Å². The summed E-state index contributed by atoms with van der Waals surface area (Å²) in [7, 11) is 0. The van der Waals surface area contributed by atoms with E-state index in [1.165, 1.54) is 35.0 Å². The van der Waals surface area contributed by atoms with Gasteiger partial charge in [0.1, 0.15) is 0 Å². The molecule has 1 heterocycles. The lowest BCUT2D eigenvalue weighted by molar-refractivity contribution is -0.385. The number of aromatic nitrogens is 2. The first-order valence-corrected chi connectivity index (χ1v) is 9.67. The van der Waals surface area contributed by atoms with E-state index >= 15 is 0 Å². The molecule has 0 bridgehead atoms. The number of nitro benzene ring substituents is 2. The molecule has 3 aromatic carbocycles. The Morgan fingerprint density at radius 1 is 0.879 bits per heavy atom. The van der Waals surface area contributed by atoms with Crippen molar-refractivity contribution in [3.05, 3.63) is 109 Å². The molecular weight excluding hydrogens is 428 g/mol. The molecule has 4 rings (SSSR count). The van der Waals surface area contributed by atoms with E-state index in [1.807, 2.05) is 6.07 Å². The Labute approximate surface area is 185 Å². The molecule has 0 saturated heterocycles. The van der Waals surface area contributed by atoms with E-state index < -0.39 is 15.4 Å². The molecule has 11 heteroatoms. The van der Waals surface area contributed by atoms with E-state index in [0.29, 0.717) is 22.5 Å². The van der Waals surface area contributed by atoms with Crippen LogP contribution in [0.2, 0.25) is 0 Å². The molecule has 0 fully saturated rings. The highest BCUT2D eigenvalue weighted by atomic mass is 16.6. The van der Waals surface area contributed by atoms with Crippen LogP contribution in [0.5, 0.6) is 0 Å². The highest BCUT2D eigenvalue weighted by molar-refractivity contribution is 5.72. The second-order valence-electron chi connectivity index (χ2n) is 7.04. The standard InChI is InChI=1S/C22H16N6O5/c1-14-7-8-16(13-19(14)28(32)33)23-24-21-20(15-5-3-2-4-6-15)25-26(22(21)29)17-9-11-18(12-10-17)27(30)31/h2-13,25H,1H3. The van der Waals surface area contributed by atoms with Crippen molar-refractivity contribution in [2.75, 3.05) is 0 Å². The Balaban J connectivity index is 1.82. The van der Waals surface area contributed by atoms with Gasteiger partial charge in [-0.1, -0.05) is 36.4 Å². The molecule has 1 aromatic heterocycles. The third kappa shape index (κ3) is 4.28. The number of aryl methyl sites for hydroxylation is 1. The quantitative estimate of drug-likeness (QED) is 0.241. The third-order valence-corrected chi connectivity index (χ3v) is 4.90. The maximum Gasteiger partial charge on any atom is 0.299 e. The van der Waals surface area contributed by atoms with Crippen molar-refractivity contribution in [3.63, 3.8) is 0 Å². The summed E-state index contributed by atoms with van der Waals surface area (Å²) in [5, 5.41) is 33.3. The van der Waals surface area contributed by atoms with E-state index in [9.17, 15) is 25.0 Å². The summed E-state index contributed by atoms with van der Waals surface area (Å²) in [5.41, 5.74) is 1.35. The predicted octanol–water partition coefficient (Wildman–Crippen LogP) is 5.37. The minimum absolute atomic E-state index is 0.0113. The highest BCUT2D eigenvalue weighted by Crippen LogP contribution is 2.30. The molecular formula is C22H16N6O5. The molecule has 0 unspecified atom stereocenters. The van der Waals surface area contributed by atoms with Crippen LogP contribution in [0.25, 0.3) is 16.9 Å². The summed E-state index contributed by atoms with van der Waals surface area (Å²) in [6.45, 7) is 1.61. The van der Waals surface area contributed by atoms with Gasteiger partial charge in [-0.25, -0.2) is 4.68 Å². The Morgan fingerprint density at radius 2 is 1.58 bits per heavy atom. The fourth-order valence-electron chi connectivity index (χ4n) is 3.20. The first kappa shape index (κ1) is 21.3. The second kappa shape index (κ2) is 8.67. The molecule has 1 N–H and O–H groups in total. The highest BCUT2D eigenvalue weighted by Gasteiger charge is 2.18. The number of H-pyrrole nitrogens is 1. The number of rotatable bonds is 6. The van der Waals surface area contributed by atoms with Crippen molar-refractivity contribution in [3.8, 4) is 16.9 Å². The maximum atomic E-state index is 13.2. The number of nitrogens with one attached hydrogen (secondary N) is 1. The van der Waals surface area contributed by atoms with Gasteiger partial charge in [0, 0.05) is 29.3 Å². The average molecular weight is 444 g/mol. The Bertz CT molecular complexity index is 1440. The van der Waals surface area contributed by atoms with Crippen molar-refractivity contribution >= 4 is 22.7 Å². The molecule has 0 aliphatic carbocycles. The smallest absolute Gasteiger partial charge is 0.288 e. The van der Waals surface area contributed by atoms with Gasteiger partial charge in [-0.2, -0.15) is 5.11 Å². The minimum atomic E-state index is -0.534. The van der Waals surface area contributed by atoms with E-state index in [1.54, 1.807) is 43.3 Å². The average Bonchev–Trinajstić information content (AvgIpc) is 3.15. The number of azo groups is 1. The van der Waals surface area contributed by atoms with Crippen LogP contribution in [0.4, 0.5) is 22.7 Å². The van der Waals surface area contributed by atoms with Gasteiger partial charge in [0.05, 0.1) is 26.9 Å². The van der Waals surface area contributed by atoms with Crippen LogP contribution in [-0.2, 0) is 0 Å². The molecule has 0 aliphatic rings. The predicted molar refractivity (Wildman–Crippen MR) is 120 cm³/mol. The maximum absolute atomic E-state index is 13.2. The molecule has 0 radical (unpaired) electrons. The molecule has 11 nitrogen and oxygen atoms in total. The summed E-state index contributed by atoms with van der Waals surface area (Å²) < 4.78 is 1.21. The third-order valence-electron chi connectivity index (χ3n) is 4.90. The van der Waals surface area contributed by atoms with Crippen LogP contribution < -0.4 is 5.56 Å². The van der Waals surface area contributed by atoms with Crippen LogP contribution in [0.3, 0.4) is 0 Å². The molecule has 4 aromatic rings. The zero-order valence-corrected chi connectivity index (χ0v) is 17.2. The summed E-state index contributed by atoms with van der Waals surface area (Å²) in [6.07, 6.45) is 0. The molecule has 0 spiro atoms.